The largest absolute Gasteiger partial charge is 0.309 e. The van der Waals surface area contributed by atoms with Gasteiger partial charge >= 0.3 is 0 Å². The van der Waals surface area contributed by atoms with Gasteiger partial charge in [-0.05, 0) is 55.9 Å². The second-order valence-electron chi connectivity index (χ2n) is 6.79. The van der Waals surface area contributed by atoms with Crippen molar-refractivity contribution in [2.24, 2.45) is 17.3 Å². The third-order valence-electron chi connectivity index (χ3n) is 4.41. The maximum atomic E-state index is 13.1. The van der Waals surface area contributed by atoms with Gasteiger partial charge in [-0.3, -0.25) is 0 Å². The predicted molar refractivity (Wildman–Crippen MR) is 73.0 cm³/mol. The number of hydrogen-bond donors (Lipinski definition) is 1. The molecule has 1 N–H and O–H groups in total. The zero-order valence-corrected chi connectivity index (χ0v) is 12.3. The van der Waals surface area contributed by atoms with Crippen molar-refractivity contribution in [3.05, 3.63) is 0 Å². The molecule has 108 valence electrons. The Labute approximate surface area is 111 Å². The highest BCUT2D eigenvalue weighted by Gasteiger charge is 2.35. The molecule has 0 heterocycles. The second-order valence-corrected chi connectivity index (χ2v) is 6.79. The summed E-state index contributed by atoms with van der Waals surface area (Å²) in [7, 11) is 0. The summed E-state index contributed by atoms with van der Waals surface area (Å²) in [6.07, 6.45) is 2.80. The molecule has 0 aromatic heterocycles. The van der Waals surface area contributed by atoms with Crippen molar-refractivity contribution in [2.45, 2.75) is 72.3 Å². The van der Waals surface area contributed by atoms with Gasteiger partial charge < -0.3 is 5.32 Å². The zero-order chi connectivity index (χ0) is 13.8. The molecule has 1 nitrogen and oxygen atoms in total. The van der Waals surface area contributed by atoms with Gasteiger partial charge in [-0.2, -0.15) is 0 Å². The molecule has 0 aliphatic heterocycles. The molecule has 0 amide bonds. The number of nitrogens with one attached hydrogen (secondary N) is 1. The van der Waals surface area contributed by atoms with Gasteiger partial charge in [0, 0.05) is 0 Å². The summed E-state index contributed by atoms with van der Waals surface area (Å²) in [5.74, 6) is 0.855. The molecular formula is C15H29F2N. The SMILES string of the molecule is CCCNC(C(F)F)C1CCC(C(C)(C)C)CC1. The first-order chi connectivity index (χ1) is 8.36. The van der Waals surface area contributed by atoms with Crippen LogP contribution in [0.1, 0.15) is 59.8 Å². The van der Waals surface area contributed by atoms with E-state index in [-0.39, 0.29) is 5.92 Å². The lowest BCUT2D eigenvalue weighted by Crippen LogP contribution is -2.44. The quantitative estimate of drug-likeness (QED) is 0.770. The van der Waals surface area contributed by atoms with Gasteiger partial charge in [0.1, 0.15) is 0 Å². The number of halogens is 2. The molecule has 18 heavy (non-hydrogen) atoms. The van der Waals surface area contributed by atoms with Crippen LogP contribution in [-0.4, -0.2) is 19.0 Å². The molecule has 1 rings (SSSR count). The highest BCUT2D eigenvalue weighted by atomic mass is 19.3. The highest BCUT2D eigenvalue weighted by molar-refractivity contribution is 4.86. The molecule has 0 radical (unpaired) electrons. The van der Waals surface area contributed by atoms with Gasteiger partial charge in [-0.25, -0.2) is 8.78 Å². The van der Waals surface area contributed by atoms with Crippen molar-refractivity contribution in [1.29, 1.82) is 0 Å². The molecule has 3 heteroatoms. The fourth-order valence-electron chi connectivity index (χ4n) is 3.12. The Kier molecular flexibility index (Phi) is 6.03. The van der Waals surface area contributed by atoms with Crippen LogP contribution in [0.15, 0.2) is 0 Å². The summed E-state index contributed by atoms with van der Waals surface area (Å²) in [5, 5.41) is 3.04. The van der Waals surface area contributed by atoms with E-state index < -0.39 is 12.5 Å². The Morgan fingerprint density at radius 2 is 1.67 bits per heavy atom. The third-order valence-corrected chi connectivity index (χ3v) is 4.41. The summed E-state index contributed by atoms with van der Waals surface area (Å²) >= 11 is 0. The van der Waals surface area contributed by atoms with Crippen LogP contribution >= 0.6 is 0 Å². The van der Waals surface area contributed by atoms with Crippen molar-refractivity contribution in [3.8, 4) is 0 Å². The predicted octanol–water partition coefficient (Wildman–Crippen LogP) is 4.47. The van der Waals surface area contributed by atoms with E-state index in [1.165, 1.54) is 0 Å². The Morgan fingerprint density at radius 1 is 1.11 bits per heavy atom. The van der Waals surface area contributed by atoms with Crippen LogP contribution in [0.3, 0.4) is 0 Å². The van der Waals surface area contributed by atoms with Gasteiger partial charge in [0.05, 0.1) is 6.04 Å². The molecular weight excluding hydrogens is 232 g/mol. The van der Waals surface area contributed by atoms with E-state index in [0.717, 1.165) is 32.1 Å². The van der Waals surface area contributed by atoms with E-state index in [1.54, 1.807) is 0 Å². The van der Waals surface area contributed by atoms with Crippen molar-refractivity contribution in [3.63, 3.8) is 0 Å². The van der Waals surface area contributed by atoms with Gasteiger partial charge in [0.25, 0.3) is 6.43 Å². The van der Waals surface area contributed by atoms with E-state index in [0.29, 0.717) is 17.9 Å². The lowest BCUT2D eigenvalue weighted by Gasteiger charge is -2.39. The maximum absolute atomic E-state index is 13.1. The fourth-order valence-corrected chi connectivity index (χ4v) is 3.12. The number of rotatable bonds is 5. The van der Waals surface area contributed by atoms with E-state index in [2.05, 4.69) is 26.1 Å². The molecule has 0 saturated heterocycles. The van der Waals surface area contributed by atoms with Gasteiger partial charge in [0.15, 0.2) is 0 Å². The first kappa shape index (κ1) is 15.9. The summed E-state index contributed by atoms with van der Waals surface area (Å²) in [6, 6.07) is -0.592. The van der Waals surface area contributed by atoms with Crippen molar-refractivity contribution < 1.29 is 8.78 Å². The van der Waals surface area contributed by atoms with Gasteiger partial charge in [0.2, 0.25) is 0 Å². The second kappa shape index (κ2) is 6.83. The van der Waals surface area contributed by atoms with Crippen LogP contribution in [0.25, 0.3) is 0 Å². The molecule has 0 aromatic carbocycles. The molecule has 0 bridgehead atoms. The average molecular weight is 261 g/mol. The van der Waals surface area contributed by atoms with Crippen LogP contribution in [0.5, 0.6) is 0 Å². The van der Waals surface area contributed by atoms with E-state index in [4.69, 9.17) is 0 Å². The van der Waals surface area contributed by atoms with Crippen LogP contribution in [0.4, 0.5) is 8.78 Å². The minimum atomic E-state index is -2.23. The smallest absolute Gasteiger partial charge is 0.253 e. The Balaban J connectivity index is 2.48. The summed E-state index contributed by atoms with van der Waals surface area (Å²) < 4.78 is 26.2. The molecule has 0 aromatic rings. The van der Waals surface area contributed by atoms with E-state index in [1.807, 2.05) is 6.92 Å². The third kappa shape index (κ3) is 4.49. The summed E-state index contributed by atoms with van der Waals surface area (Å²) in [4.78, 5) is 0. The zero-order valence-electron chi connectivity index (χ0n) is 12.3. The molecule has 1 saturated carbocycles. The van der Waals surface area contributed by atoms with Crippen LogP contribution in [0, 0.1) is 17.3 Å². The Bertz CT molecular complexity index is 227. The molecule has 0 spiro atoms. The number of alkyl halides is 2. The molecule has 1 aliphatic carbocycles. The maximum Gasteiger partial charge on any atom is 0.253 e. The van der Waals surface area contributed by atoms with Crippen LogP contribution in [-0.2, 0) is 0 Å². The van der Waals surface area contributed by atoms with Crippen LogP contribution in [0.2, 0.25) is 0 Å². The molecule has 1 aliphatic rings. The monoisotopic (exact) mass is 261 g/mol. The average Bonchev–Trinajstić information content (AvgIpc) is 2.28. The first-order valence-electron chi connectivity index (χ1n) is 7.37. The normalized spacial score (nSPS) is 27.5. The lowest BCUT2D eigenvalue weighted by atomic mass is 9.68. The molecule has 1 atom stereocenters. The van der Waals surface area contributed by atoms with E-state index >= 15 is 0 Å². The lowest BCUT2D eigenvalue weighted by molar-refractivity contribution is 0.0418. The summed E-state index contributed by atoms with van der Waals surface area (Å²) in [6.45, 7) is 9.51. The fraction of sp³-hybridized carbons (Fsp3) is 1.00. The van der Waals surface area contributed by atoms with Crippen LogP contribution < -0.4 is 5.32 Å². The highest BCUT2D eigenvalue weighted by Crippen LogP contribution is 2.41. The standard InChI is InChI=1S/C15H29F2N/c1-5-10-18-13(14(16)17)11-6-8-12(9-7-11)15(2,3)4/h11-14,18H,5-10H2,1-4H3. The van der Waals surface area contributed by atoms with Gasteiger partial charge in [-0.15, -0.1) is 0 Å². The molecule has 1 unspecified atom stereocenters. The van der Waals surface area contributed by atoms with Crippen molar-refractivity contribution in [2.75, 3.05) is 6.54 Å². The first-order valence-corrected chi connectivity index (χ1v) is 7.37. The number of hydrogen-bond acceptors (Lipinski definition) is 1. The Hall–Kier alpha value is -0.180. The molecule has 1 fully saturated rings. The Morgan fingerprint density at radius 3 is 2.06 bits per heavy atom. The van der Waals surface area contributed by atoms with Gasteiger partial charge in [-0.1, -0.05) is 27.7 Å². The van der Waals surface area contributed by atoms with Crippen molar-refractivity contribution in [1.82, 2.24) is 5.32 Å². The topological polar surface area (TPSA) is 12.0 Å². The van der Waals surface area contributed by atoms with Crippen molar-refractivity contribution >= 4 is 0 Å². The van der Waals surface area contributed by atoms with E-state index in [9.17, 15) is 8.78 Å². The summed E-state index contributed by atoms with van der Waals surface area (Å²) in [5.41, 5.74) is 0.322. The minimum absolute atomic E-state index is 0.162. The minimum Gasteiger partial charge on any atom is -0.309 e.